The fourth-order valence-electron chi connectivity index (χ4n) is 4.88. The molecule has 0 bridgehead atoms. The van der Waals surface area contributed by atoms with Crippen LogP contribution in [0.15, 0.2) is 47.5 Å². The molecule has 0 unspecified atom stereocenters. The standard InChI is InChI=1S/C23H25N3O3/c1-14-6-8-25(9-7-15-11-24-19-5-3-2-4-17(15)19)22(28)21(14)23(29)26-12-16-10-20(27)18(16)13-26/h2-6,8,11,16,18,20,24,27H,7,9-10,12-13H2,1H3/t16-,18+,20+/m0/s1. The first-order valence-corrected chi connectivity index (χ1v) is 10.3. The summed E-state index contributed by atoms with van der Waals surface area (Å²) >= 11 is 0. The molecule has 1 saturated heterocycles. The predicted molar refractivity (Wildman–Crippen MR) is 111 cm³/mol. The van der Waals surface area contributed by atoms with Gasteiger partial charge in [0.05, 0.1) is 6.10 Å². The van der Waals surface area contributed by atoms with Gasteiger partial charge in [-0.2, -0.15) is 0 Å². The summed E-state index contributed by atoms with van der Waals surface area (Å²) in [5.41, 5.74) is 2.99. The first-order chi connectivity index (χ1) is 14.0. The van der Waals surface area contributed by atoms with Gasteiger partial charge in [0, 0.05) is 48.8 Å². The Hall–Kier alpha value is -2.86. The molecule has 3 aromatic rings. The maximum Gasteiger partial charge on any atom is 0.263 e. The first-order valence-electron chi connectivity index (χ1n) is 10.3. The summed E-state index contributed by atoms with van der Waals surface area (Å²) in [7, 11) is 0. The molecule has 2 aromatic heterocycles. The molecule has 2 fully saturated rings. The second-order valence-corrected chi connectivity index (χ2v) is 8.42. The van der Waals surface area contributed by atoms with Crippen LogP contribution in [0, 0.1) is 18.8 Å². The predicted octanol–water partition coefficient (Wildman–Crippen LogP) is 2.33. The maximum absolute atomic E-state index is 13.1. The van der Waals surface area contributed by atoms with Gasteiger partial charge in [-0.25, -0.2) is 0 Å². The van der Waals surface area contributed by atoms with E-state index >= 15 is 0 Å². The SMILES string of the molecule is Cc1ccn(CCc2c[nH]c3ccccc23)c(=O)c1C(=O)N1C[C@@H]2C[C@@H](O)[C@@H]2C1. The highest BCUT2D eigenvalue weighted by atomic mass is 16.3. The normalized spacial score (nSPS) is 23.2. The van der Waals surface area contributed by atoms with Crippen LogP contribution in [0.5, 0.6) is 0 Å². The number of benzene rings is 1. The minimum atomic E-state index is -0.303. The number of carbonyl (C=O) groups excluding carboxylic acids is 1. The zero-order valence-electron chi connectivity index (χ0n) is 16.5. The number of aromatic amines is 1. The molecule has 2 aliphatic rings. The lowest BCUT2D eigenvalue weighted by atomic mass is 9.74. The minimum absolute atomic E-state index is 0.173. The summed E-state index contributed by atoms with van der Waals surface area (Å²) in [6, 6.07) is 9.96. The van der Waals surface area contributed by atoms with Crippen molar-refractivity contribution >= 4 is 16.8 Å². The minimum Gasteiger partial charge on any atom is -0.393 e. The molecule has 3 atom stereocenters. The number of hydrogen-bond donors (Lipinski definition) is 2. The smallest absolute Gasteiger partial charge is 0.263 e. The lowest BCUT2D eigenvalue weighted by molar-refractivity contribution is -0.00427. The van der Waals surface area contributed by atoms with E-state index in [1.54, 1.807) is 15.7 Å². The van der Waals surface area contributed by atoms with Crippen LogP contribution in [0.4, 0.5) is 0 Å². The Balaban J connectivity index is 1.38. The molecule has 1 aromatic carbocycles. The number of aliphatic hydroxyl groups is 1. The Kier molecular flexibility index (Phi) is 4.32. The third-order valence-electron chi connectivity index (χ3n) is 6.70. The Morgan fingerprint density at radius 2 is 2.07 bits per heavy atom. The quantitative estimate of drug-likeness (QED) is 0.717. The van der Waals surface area contributed by atoms with Crippen molar-refractivity contribution in [1.29, 1.82) is 0 Å². The van der Waals surface area contributed by atoms with Crippen LogP contribution in [-0.4, -0.2) is 44.7 Å². The average molecular weight is 391 g/mol. The molecule has 1 aliphatic carbocycles. The van der Waals surface area contributed by atoms with Crippen molar-refractivity contribution in [3.05, 3.63) is 69.8 Å². The van der Waals surface area contributed by atoms with Crippen molar-refractivity contribution in [3.8, 4) is 0 Å². The number of aryl methyl sites for hydroxylation is 3. The van der Waals surface area contributed by atoms with Gasteiger partial charge in [-0.3, -0.25) is 9.59 Å². The van der Waals surface area contributed by atoms with Gasteiger partial charge < -0.3 is 19.6 Å². The Labute approximate surface area is 168 Å². The number of H-pyrrole nitrogens is 1. The molecule has 0 radical (unpaired) electrons. The fraction of sp³-hybridized carbons (Fsp3) is 0.391. The summed E-state index contributed by atoms with van der Waals surface area (Å²) in [4.78, 5) is 31.2. The molecule has 5 rings (SSSR count). The van der Waals surface area contributed by atoms with Crippen LogP contribution in [-0.2, 0) is 13.0 Å². The summed E-state index contributed by atoms with van der Waals surface area (Å²) in [6.07, 6.45) is 4.93. The van der Waals surface area contributed by atoms with Gasteiger partial charge in [-0.1, -0.05) is 18.2 Å². The van der Waals surface area contributed by atoms with Gasteiger partial charge in [-0.15, -0.1) is 0 Å². The Bertz CT molecular complexity index is 1150. The number of aromatic nitrogens is 2. The topological polar surface area (TPSA) is 78.3 Å². The van der Waals surface area contributed by atoms with Gasteiger partial charge in [0.25, 0.3) is 11.5 Å². The maximum atomic E-state index is 13.1. The fourth-order valence-corrected chi connectivity index (χ4v) is 4.88. The summed E-state index contributed by atoms with van der Waals surface area (Å²) in [6.45, 7) is 3.53. The zero-order valence-corrected chi connectivity index (χ0v) is 16.5. The number of pyridine rings is 1. The number of hydrogen-bond acceptors (Lipinski definition) is 3. The van der Waals surface area contributed by atoms with Crippen LogP contribution in [0.2, 0.25) is 0 Å². The molecule has 3 heterocycles. The van der Waals surface area contributed by atoms with Crippen LogP contribution in [0.1, 0.15) is 27.9 Å². The molecular weight excluding hydrogens is 366 g/mol. The van der Waals surface area contributed by atoms with E-state index in [9.17, 15) is 14.7 Å². The van der Waals surface area contributed by atoms with Crippen LogP contribution in [0.3, 0.4) is 0 Å². The average Bonchev–Trinajstić information content (AvgIpc) is 3.28. The lowest BCUT2D eigenvalue weighted by Crippen LogP contribution is -2.40. The third kappa shape index (κ3) is 2.99. The molecule has 150 valence electrons. The number of amides is 1. The van der Waals surface area contributed by atoms with Crippen LogP contribution < -0.4 is 5.56 Å². The van der Waals surface area contributed by atoms with Crippen molar-refractivity contribution < 1.29 is 9.90 Å². The second-order valence-electron chi connectivity index (χ2n) is 8.42. The number of carbonyl (C=O) groups is 1. The number of para-hydroxylation sites is 1. The van der Waals surface area contributed by atoms with Gasteiger partial charge in [0.2, 0.25) is 0 Å². The number of likely N-dealkylation sites (tertiary alicyclic amines) is 1. The van der Waals surface area contributed by atoms with Gasteiger partial charge >= 0.3 is 0 Å². The van der Waals surface area contributed by atoms with E-state index in [1.165, 1.54) is 0 Å². The molecular formula is C23H25N3O3. The number of nitrogens with one attached hydrogen (secondary N) is 1. The highest BCUT2D eigenvalue weighted by molar-refractivity contribution is 5.95. The third-order valence-corrected chi connectivity index (χ3v) is 6.70. The molecule has 2 N–H and O–H groups in total. The second kappa shape index (κ2) is 6.88. The summed E-state index contributed by atoms with van der Waals surface area (Å²) in [5.74, 6) is 0.352. The Morgan fingerprint density at radius 3 is 2.86 bits per heavy atom. The van der Waals surface area contributed by atoms with E-state index in [0.29, 0.717) is 37.5 Å². The monoisotopic (exact) mass is 391 g/mol. The number of aliphatic hydroxyl groups excluding tert-OH is 1. The van der Waals surface area contributed by atoms with Crippen molar-refractivity contribution in [2.45, 2.75) is 32.4 Å². The summed E-state index contributed by atoms with van der Waals surface area (Å²) < 4.78 is 1.64. The van der Waals surface area contributed by atoms with E-state index in [4.69, 9.17) is 0 Å². The van der Waals surface area contributed by atoms with E-state index in [0.717, 1.165) is 22.9 Å². The van der Waals surface area contributed by atoms with Gasteiger partial charge in [0.15, 0.2) is 0 Å². The van der Waals surface area contributed by atoms with Crippen LogP contribution >= 0.6 is 0 Å². The van der Waals surface area contributed by atoms with Crippen LogP contribution in [0.25, 0.3) is 10.9 Å². The van der Waals surface area contributed by atoms with Crippen molar-refractivity contribution in [2.24, 2.45) is 11.8 Å². The first kappa shape index (κ1) is 18.2. The van der Waals surface area contributed by atoms with Crippen molar-refractivity contribution in [1.82, 2.24) is 14.5 Å². The molecule has 6 heteroatoms. The number of rotatable bonds is 4. The van der Waals surface area contributed by atoms with Crippen molar-refractivity contribution in [3.63, 3.8) is 0 Å². The zero-order chi connectivity index (χ0) is 20.1. The molecule has 1 aliphatic heterocycles. The number of fused-ring (bicyclic) bond motifs is 2. The van der Waals surface area contributed by atoms with E-state index in [-0.39, 0.29) is 29.1 Å². The van der Waals surface area contributed by atoms with E-state index in [2.05, 4.69) is 11.1 Å². The molecule has 1 amide bonds. The van der Waals surface area contributed by atoms with E-state index in [1.807, 2.05) is 37.4 Å². The van der Waals surface area contributed by atoms with Crippen molar-refractivity contribution in [2.75, 3.05) is 13.1 Å². The highest BCUT2D eigenvalue weighted by Crippen LogP contribution is 2.41. The van der Waals surface area contributed by atoms with E-state index < -0.39 is 0 Å². The van der Waals surface area contributed by atoms with Gasteiger partial charge in [-0.05, 0) is 48.9 Å². The highest BCUT2D eigenvalue weighted by Gasteiger charge is 2.47. The molecule has 1 saturated carbocycles. The molecule has 0 spiro atoms. The summed E-state index contributed by atoms with van der Waals surface area (Å²) in [5, 5.41) is 11.0. The number of nitrogens with zero attached hydrogens (tertiary/aromatic N) is 2. The largest absolute Gasteiger partial charge is 0.393 e. The molecule has 29 heavy (non-hydrogen) atoms. The molecule has 6 nitrogen and oxygen atoms in total. The Morgan fingerprint density at radius 1 is 1.24 bits per heavy atom. The lowest BCUT2D eigenvalue weighted by Gasteiger charge is -2.34. The van der Waals surface area contributed by atoms with Gasteiger partial charge in [0.1, 0.15) is 5.56 Å².